The molecule has 4 rings (SSSR count). The van der Waals surface area contributed by atoms with Gasteiger partial charge >= 0.3 is 12.2 Å². The third kappa shape index (κ3) is 15.0. The maximum atomic E-state index is 12.8. The van der Waals surface area contributed by atoms with Crippen LogP contribution in [0.2, 0.25) is 0 Å². The molecule has 0 fully saturated rings. The number of halogens is 1. The largest absolute Gasteiger partial charge is 0.444 e. The van der Waals surface area contributed by atoms with Gasteiger partial charge in [-0.25, -0.2) is 9.59 Å². The number of allylic oxidation sites excluding steroid dienone is 2. The van der Waals surface area contributed by atoms with Crippen LogP contribution in [0.15, 0.2) is 59.6 Å². The molecule has 288 valence electrons. The Morgan fingerprint density at radius 2 is 1.17 bits per heavy atom. The summed E-state index contributed by atoms with van der Waals surface area (Å²) in [4.78, 5) is 73.2. The Bertz CT molecular complexity index is 1720. The van der Waals surface area contributed by atoms with Gasteiger partial charge in [-0.05, 0) is 128 Å². The molecule has 0 bridgehead atoms. The fraction of sp³-hybridized carbons (Fsp3) is 0.450. The number of carbonyl (C=O) groups is 6. The maximum absolute atomic E-state index is 12.8. The molecular formula is C40H53BrN4O8. The number of amides is 4. The van der Waals surface area contributed by atoms with Crippen LogP contribution in [0.4, 0.5) is 21.0 Å². The number of likely N-dealkylation sites (N-methyl/N-ethyl adjacent to an activating group) is 2. The zero-order valence-electron chi connectivity index (χ0n) is 32.4. The minimum Gasteiger partial charge on any atom is -0.444 e. The van der Waals surface area contributed by atoms with Gasteiger partial charge in [0.25, 0.3) is 0 Å². The minimum absolute atomic E-state index is 0.0185. The number of hydrogen-bond donors (Lipinski definition) is 2. The molecular weight excluding hydrogens is 744 g/mol. The van der Waals surface area contributed by atoms with Gasteiger partial charge in [-0.15, -0.1) is 0 Å². The first-order valence-electron chi connectivity index (χ1n) is 17.3. The Morgan fingerprint density at radius 3 is 1.57 bits per heavy atom. The van der Waals surface area contributed by atoms with E-state index in [4.69, 9.17) is 9.47 Å². The van der Waals surface area contributed by atoms with E-state index in [1.807, 2.05) is 36.4 Å². The van der Waals surface area contributed by atoms with Crippen molar-refractivity contribution in [2.45, 2.75) is 104 Å². The number of fused-ring (bicyclic) bond motifs is 2. The van der Waals surface area contributed by atoms with Crippen molar-refractivity contribution in [2.24, 2.45) is 0 Å². The van der Waals surface area contributed by atoms with Gasteiger partial charge in [-0.3, -0.25) is 19.2 Å². The van der Waals surface area contributed by atoms with Crippen molar-refractivity contribution in [3.05, 3.63) is 76.3 Å². The summed E-state index contributed by atoms with van der Waals surface area (Å²) in [6.45, 7) is 16.9. The Morgan fingerprint density at radius 1 is 0.755 bits per heavy atom. The molecule has 12 nitrogen and oxygen atoms in total. The first-order chi connectivity index (χ1) is 24.5. The number of rotatable bonds is 5. The summed E-state index contributed by atoms with van der Waals surface area (Å²) in [5.74, 6) is -0.346. The zero-order chi connectivity index (χ0) is 40.3. The summed E-state index contributed by atoms with van der Waals surface area (Å²) in [6.07, 6.45) is 5.76. The lowest BCUT2D eigenvalue weighted by Gasteiger charge is -2.24. The van der Waals surface area contributed by atoms with E-state index in [1.165, 1.54) is 26.0 Å². The number of hydrogen-bond acceptors (Lipinski definition) is 8. The lowest BCUT2D eigenvalue weighted by Crippen LogP contribution is -2.48. The van der Waals surface area contributed by atoms with Crippen LogP contribution in [-0.2, 0) is 41.5 Å². The van der Waals surface area contributed by atoms with Crippen LogP contribution in [-0.4, -0.2) is 72.9 Å². The third-order valence-electron chi connectivity index (χ3n) is 7.72. The van der Waals surface area contributed by atoms with E-state index < -0.39 is 35.5 Å². The Hall–Kier alpha value is -4.78. The van der Waals surface area contributed by atoms with Gasteiger partial charge in [-0.1, -0.05) is 46.8 Å². The molecule has 0 aromatic heterocycles. The molecule has 13 heteroatoms. The Balaban J connectivity index is 0.000000329. The predicted molar refractivity (Wildman–Crippen MR) is 211 cm³/mol. The second-order valence-electron chi connectivity index (χ2n) is 14.7. The summed E-state index contributed by atoms with van der Waals surface area (Å²) in [5.41, 5.74) is 3.41. The second kappa shape index (κ2) is 19.3. The van der Waals surface area contributed by atoms with Gasteiger partial charge < -0.3 is 29.9 Å². The summed E-state index contributed by atoms with van der Waals surface area (Å²) in [7, 11) is 3.41. The average molecular weight is 798 g/mol. The van der Waals surface area contributed by atoms with Gasteiger partial charge in [0.15, 0.2) is 11.6 Å². The molecule has 0 aliphatic carbocycles. The quantitative estimate of drug-likeness (QED) is 0.304. The smallest absolute Gasteiger partial charge is 0.408 e. The molecule has 2 N–H and O–H groups in total. The number of ether oxygens (including phenoxy) is 2. The predicted octanol–water partition coefficient (Wildman–Crippen LogP) is 7.10. The molecule has 2 aromatic carbocycles. The molecule has 2 heterocycles. The van der Waals surface area contributed by atoms with Crippen molar-refractivity contribution in [1.29, 1.82) is 0 Å². The lowest BCUT2D eigenvalue weighted by atomic mass is 10.0. The summed E-state index contributed by atoms with van der Waals surface area (Å²) >= 11 is 3.42. The van der Waals surface area contributed by atoms with E-state index in [9.17, 15) is 28.8 Å². The molecule has 2 atom stereocenters. The van der Waals surface area contributed by atoms with E-state index in [1.54, 1.807) is 71.5 Å². The van der Waals surface area contributed by atoms with E-state index in [0.717, 1.165) is 39.0 Å². The number of carbonyl (C=O) groups excluding carboxylic acids is 6. The standard InChI is InChI=1S/C20H26N2O4.C16H21BrN2O3.C4H6O/c1-13(23)6-7-14-8-9-15-10-11-16(18(24)22(5)17(15)12-14)21-19(25)26-20(2,3)4;1-16(2,3)22-15(21)18-12-8-6-10-5-7-11(17)9-13(10)19(4)14(12)20;1-3-4(2)5/h6-9,12,16H,10-11H2,1-5H3,(H,21,25);5,7,9,12H,6,8H2,1-4H3,(H,18,21);3H,1H2,2H3/b7-6+;;/t16-;12-;/m00./s1. The van der Waals surface area contributed by atoms with Crippen LogP contribution < -0.4 is 20.4 Å². The number of nitrogens with zero attached hydrogens (tertiary/aromatic N) is 2. The third-order valence-corrected chi connectivity index (χ3v) is 8.21. The fourth-order valence-corrected chi connectivity index (χ4v) is 5.55. The van der Waals surface area contributed by atoms with Crippen LogP contribution in [0.25, 0.3) is 6.08 Å². The molecule has 0 spiro atoms. The topological polar surface area (TPSA) is 151 Å². The highest BCUT2D eigenvalue weighted by Crippen LogP contribution is 2.30. The highest BCUT2D eigenvalue weighted by molar-refractivity contribution is 9.10. The van der Waals surface area contributed by atoms with Crippen LogP contribution in [0, 0.1) is 0 Å². The Labute approximate surface area is 321 Å². The SMILES string of the molecule is C=CC(C)=O.CC(=O)/C=C/c1ccc2c(c1)N(C)C(=O)[C@@H](NC(=O)OC(C)(C)C)CC2.CN1C(=O)[C@@H](NC(=O)OC(C)(C)C)CCc2ccc(Br)cc21. The molecule has 0 radical (unpaired) electrons. The van der Waals surface area contributed by atoms with Gasteiger partial charge in [-0.2, -0.15) is 0 Å². The van der Waals surface area contributed by atoms with Crippen molar-refractivity contribution in [3.63, 3.8) is 0 Å². The molecule has 0 saturated carbocycles. The average Bonchev–Trinajstić information content (AvgIpc) is 3.23. The molecule has 2 aliphatic rings. The monoisotopic (exact) mass is 796 g/mol. The lowest BCUT2D eigenvalue weighted by molar-refractivity contribution is -0.121. The van der Waals surface area contributed by atoms with E-state index in [2.05, 4.69) is 33.1 Å². The molecule has 4 amide bonds. The highest BCUT2D eigenvalue weighted by atomic mass is 79.9. The van der Waals surface area contributed by atoms with Gasteiger partial charge in [0.1, 0.15) is 23.3 Å². The second-order valence-corrected chi connectivity index (χ2v) is 15.6. The van der Waals surface area contributed by atoms with E-state index in [-0.39, 0.29) is 23.4 Å². The molecule has 0 saturated heterocycles. The molecule has 2 aromatic rings. The van der Waals surface area contributed by atoms with Crippen molar-refractivity contribution in [2.75, 3.05) is 23.9 Å². The minimum atomic E-state index is -0.640. The first kappa shape index (κ1) is 44.4. The number of benzene rings is 2. The fourth-order valence-electron chi connectivity index (χ4n) is 5.20. The summed E-state index contributed by atoms with van der Waals surface area (Å²) in [5, 5.41) is 5.36. The van der Waals surface area contributed by atoms with Crippen LogP contribution in [0.1, 0.15) is 84.9 Å². The number of nitrogens with one attached hydrogen (secondary N) is 2. The van der Waals surface area contributed by atoms with Crippen molar-refractivity contribution in [1.82, 2.24) is 10.6 Å². The van der Waals surface area contributed by atoms with Gasteiger partial charge in [0, 0.05) is 29.9 Å². The van der Waals surface area contributed by atoms with E-state index in [0.29, 0.717) is 19.3 Å². The normalized spacial score (nSPS) is 17.0. The number of alkyl carbamates (subject to hydrolysis) is 2. The van der Waals surface area contributed by atoms with Crippen molar-refractivity contribution in [3.8, 4) is 0 Å². The molecule has 53 heavy (non-hydrogen) atoms. The Kier molecular flexibility index (Phi) is 16.2. The first-order valence-corrected chi connectivity index (χ1v) is 18.1. The van der Waals surface area contributed by atoms with Crippen LogP contribution in [0.5, 0.6) is 0 Å². The summed E-state index contributed by atoms with van der Waals surface area (Å²) in [6, 6.07) is 10.4. The van der Waals surface area contributed by atoms with Crippen molar-refractivity contribution < 1.29 is 38.2 Å². The maximum Gasteiger partial charge on any atom is 0.408 e. The summed E-state index contributed by atoms with van der Waals surface area (Å²) < 4.78 is 11.4. The number of anilines is 2. The zero-order valence-corrected chi connectivity index (χ0v) is 34.0. The van der Waals surface area contributed by atoms with E-state index >= 15 is 0 Å². The van der Waals surface area contributed by atoms with Gasteiger partial charge in [0.05, 0.1) is 0 Å². The highest BCUT2D eigenvalue weighted by Gasteiger charge is 2.32. The van der Waals surface area contributed by atoms with Crippen LogP contribution >= 0.6 is 15.9 Å². The molecule has 2 aliphatic heterocycles. The van der Waals surface area contributed by atoms with Gasteiger partial charge in [0.2, 0.25) is 11.8 Å². The number of aryl methyl sites for hydroxylation is 2. The van der Waals surface area contributed by atoms with Crippen molar-refractivity contribution >= 4 is 68.9 Å². The number of ketones is 2. The molecule has 0 unspecified atom stereocenters. The van der Waals surface area contributed by atoms with Crippen LogP contribution in [0.3, 0.4) is 0 Å².